The molecule has 2 nitrogen and oxygen atoms in total. The fourth-order valence-electron chi connectivity index (χ4n) is 5.12. The summed E-state index contributed by atoms with van der Waals surface area (Å²) in [6, 6.07) is 5.52. The van der Waals surface area contributed by atoms with Crippen LogP contribution in [0.3, 0.4) is 0 Å². The molecule has 4 heterocycles. The summed E-state index contributed by atoms with van der Waals surface area (Å²) >= 11 is 0. The minimum absolute atomic E-state index is 0.223. The van der Waals surface area contributed by atoms with Gasteiger partial charge in [-0.2, -0.15) is 0 Å². The lowest BCUT2D eigenvalue weighted by Gasteiger charge is -2.52. The quantitative estimate of drug-likeness (QED) is 0.828. The number of likely N-dealkylation sites (tertiary alicyclic amines) is 1. The van der Waals surface area contributed by atoms with Gasteiger partial charge in [-0.05, 0) is 63.4 Å². The molecule has 0 N–H and O–H groups in total. The van der Waals surface area contributed by atoms with Gasteiger partial charge in [-0.25, -0.2) is 8.78 Å². The molecule has 1 aromatic carbocycles. The molecule has 4 aliphatic rings. The van der Waals surface area contributed by atoms with Gasteiger partial charge in [0.25, 0.3) is 0 Å². The highest BCUT2D eigenvalue weighted by Crippen LogP contribution is 2.47. The second kappa shape index (κ2) is 5.27. The normalized spacial score (nSPS) is 37.8. The largest absolute Gasteiger partial charge is 0.298 e. The Balaban J connectivity index is 1.73. The summed E-state index contributed by atoms with van der Waals surface area (Å²) in [5.74, 6) is 0.0672. The Morgan fingerprint density at radius 1 is 1.00 bits per heavy atom. The van der Waals surface area contributed by atoms with Gasteiger partial charge in [-0.15, -0.1) is 0 Å². The molecule has 0 amide bonds. The minimum atomic E-state index is -0.453. The SMILES string of the molecule is CC(C)N1C[C@H](c2cc(F)cc(F)c2)[C@@H]2[C@H]1C1CCN2CC1. The van der Waals surface area contributed by atoms with Crippen LogP contribution in [0.4, 0.5) is 8.78 Å². The molecule has 3 atom stereocenters. The van der Waals surface area contributed by atoms with Crippen molar-refractivity contribution >= 4 is 0 Å². The Bertz CT molecular complexity index is 546. The molecule has 0 aromatic heterocycles. The molecule has 4 fully saturated rings. The zero-order valence-corrected chi connectivity index (χ0v) is 13.3. The number of halogens is 2. The zero-order valence-electron chi connectivity index (χ0n) is 13.3. The Kier molecular flexibility index (Phi) is 3.50. The number of hydrogen-bond donors (Lipinski definition) is 0. The fourth-order valence-corrected chi connectivity index (χ4v) is 5.12. The lowest BCUT2D eigenvalue weighted by Crippen LogP contribution is -2.60. The predicted octanol–water partition coefficient (Wildman–Crippen LogP) is 3.24. The molecule has 120 valence electrons. The van der Waals surface area contributed by atoms with Crippen LogP contribution in [0.25, 0.3) is 0 Å². The van der Waals surface area contributed by atoms with Gasteiger partial charge in [0.05, 0.1) is 0 Å². The van der Waals surface area contributed by atoms with Crippen molar-refractivity contribution in [3.8, 4) is 0 Å². The van der Waals surface area contributed by atoms with Crippen LogP contribution >= 0.6 is 0 Å². The number of hydrogen-bond acceptors (Lipinski definition) is 2. The van der Waals surface area contributed by atoms with Crippen LogP contribution in [-0.2, 0) is 0 Å². The van der Waals surface area contributed by atoms with Gasteiger partial charge in [-0.1, -0.05) is 0 Å². The average Bonchev–Trinajstić information content (AvgIpc) is 2.90. The second-order valence-corrected chi connectivity index (χ2v) is 7.45. The predicted molar refractivity (Wildman–Crippen MR) is 82.8 cm³/mol. The smallest absolute Gasteiger partial charge is 0.126 e. The zero-order chi connectivity index (χ0) is 15.4. The summed E-state index contributed by atoms with van der Waals surface area (Å²) in [4.78, 5) is 5.15. The van der Waals surface area contributed by atoms with E-state index < -0.39 is 11.6 Å². The maximum absolute atomic E-state index is 13.7. The van der Waals surface area contributed by atoms with Crippen molar-refractivity contribution in [2.45, 2.75) is 50.7 Å². The van der Waals surface area contributed by atoms with E-state index in [0.717, 1.165) is 37.2 Å². The van der Waals surface area contributed by atoms with Gasteiger partial charge < -0.3 is 0 Å². The maximum Gasteiger partial charge on any atom is 0.126 e. The summed E-state index contributed by atoms with van der Waals surface area (Å²) in [7, 11) is 0. The highest BCUT2D eigenvalue weighted by Gasteiger charge is 2.53. The van der Waals surface area contributed by atoms with E-state index in [1.165, 1.54) is 25.0 Å². The van der Waals surface area contributed by atoms with E-state index in [9.17, 15) is 8.78 Å². The van der Waals surface area contributed by atoms with E-state index >= 15 is 0 Å². The molecular formula is C18H24F2N2. The van der Waals surface area contributed by atoms with Crippen LogP contribution < -0.4 is 0 Å². The van der Waals surface area contributed by atoms with Gasteiger partial charge in [0, 0.05) is 36.7 Å². The van der Waals surface area contributed by atoms with Crippen molar-refractivity contribution < 1.29 is 8.78 Å². The van der Waals surface area contributed by atoms with E-state index in [-0.39, 0.29) is 5.92 Å². The standard InChI is InChI=1S/C18H24F2N2/c1-11(2)22-10-16(13-7-14(19)9-15(20)8-13)18-17(22)12-3-5-21(18)6-4-12/h7-9,11-12,16-18H,3-6,10H2,1-2H3/t16-,17-,18-/m1/s1. The molecule has 0 radical (unpaired) electrons. The van der Waals surface area contributed by atoms with Crippen molar-refractivity contribution in [3.05, 3.63) is 35.4 Å². The molecule has 4 saturated heterocycles. The molecule has 22 heavy (non-hydrogen) atoms. The second-order valence-electron chi connectivity index (χ2n) is 7.45. The molecule has 4 aliphatic heterocycles. The van der Waals surface area contributed by atoms with Crippen molar-refractivity contribution in [2.24, 2.45) is 5.92 Å². The van der Waals surface area contributed by atoms with E-state index in [2.05, 4.69) is 23.6 Å². The van der Waals surface area contributed by atoms with E-state index in [0.29, 0.717) is 18.1 Å². The summed E-state index contributed by atoms with van der Waals surface area (Å²) in [6.45, 7) is 7.69. The van der Waals surface area contributed by atoms with E-state index in [4.69, 9.17) is 0 Å². The molecule has 0 saturated carbocycles. The van der Waals surface area contributed by atoms with Crippen LogP contribution in [0.15, 0.2) is 18.2 Å². The first-order valence-corrected chi connectivity index (χ1v) is 8.50. The molecule has 0 aliphatic carbocycles. The third-order valence-corrected chi connectivity index (χ3v) is 6.01. The highest BCUT2D eigenvalue weighted by molar-refractivity contribution is 5.28. The van der Waals surface area contributed by atoms with E-state index in [1.54, 1.807) is 0 Å². The monoisotopic (exact) mass is 306 g/mol. The molecule has 2 bridgehead atoms. The first kappa shape index (κ1) is 14.6. The molecule has 0 unspecified atom stereocenters. The van der Waals surface area contributed by atoms with Crippen molar-refractivity contribution in [1.82, 2.24) is 9.80 Å². The fraction of sp³-hybridized carbons (Fsp3) is 0.667. The third-order valence-electron chi connectivity index (χ3n) is 6.01. The van der Waals surface area contributed by atoms with Crippen LogP contribution in [0, 0.1) is 17.6 Å². The maximum atomic E-state index is 13.7. The van der Waals surface area contributed by atoms with Gasteiger partial charge in [0.2, 0.25) is 0 Å². The number of benzene rings is 1. The lowest BCUT2D eigenvalue weighted by atomic mass is 9.75. The van der Waals surface area contributed by atoms with Gasteiger partial charge in [-0.3, -0.25) is 9.80 Å². The lowest BCUT2D eigenvalue weighted by molar-refractivity contribution is -0.0145. The van der Waals surface area contributed by atoms with Crippen LogP contribution in [0.5, 0.6) is 0 Å². The number of fused-ring (bicyclic) bond motifs is 2. The molecule has 0 spiro atoms. The van der Waals surface area contributed by atoms with Gasteiger partial charge in [0.15, 0.2) is 0 Å². The molecule has 4 heteroatoms. The number of rotatable bonds is 2. The topological polar surface area (TPSA) is 6.48 Å². The van der Waals surface area contributed by atoms with Crippen LogP contribution in [0.2, 0.25) is 0 Å². The molecule has 1 aromatic rings. The van der Waals surface area contributed by atoms with Crippen LogP contribution in [-0.4, -0.2) is 47.6 Å². The Labute approximate surface area is 131 Å². The summed E-state index contributed by atoms with van der Waals surface area (Å²) < 4.78 is 27.4. The van der Waals surface area contributed by atoms with Crippen molar-refractivity contribution in [1.29, 1.82) is 0 Å². The first-order chi connectivity index (χ1) is 10.5. The molecular weight excluding hydrogens is 282 g/mol. The summed E-state index contributed by atoms with van der Waals surface area (Å²) in [5, 5.41) is 0. The molecule has 5 rings (SSSR count). The minimum Gasteiger partial charge on any atom is -0.298 e. The number of piperidine rings is 3. The Hall–Kier alpha value is -1.00. The first-order valence-electron chi connectivity index (χ1n) is 8.50. The summed E-state index contributed by atoms with van der Waals surface area (Å²) in [5.41, 5.74) is 0.836. The van der Waals surface area contributed by atoms with Crippen molar-refractivity contribution in [3.63, 3.8) is 0 Å². The Morgan fingerprint density at radius 2 is 1.64 bits per heavy atom. The Morgan fingerprint density at radius 3 is 2.23 bits per heavy atom. The third kappa shape index (κ3) is 2.19. The van der Waals surface area contributed by atoms with Gasteiger partial charge in [0.1, 0.15) is 11.6 Å². The summed E-state index contributed by atoms with van der Waals surface area (Å²) in [6.07, 6.45) is 2.54. The number of nitrogens with zero attached hydrogens (tertiary/aromatic N) is 2. The average molecular weight is 306 g/mol. The van der Waals surface area contributed by atoms with Gasteiger partial charge >= 0.3 is 0 Å². The van der Waals surface area contributed by atoms with E-state index in [1.807, 2.05) is 0 Å². The highest BCUT2D eigenvalue weighted by atomic mass is 19.1. The van der Waals surface area contributed by atoms with Crippen molar-refractivity contribution in [2.75, 3.05) is 19.6 Å². The van der Waals surface area contributed by atoms with Crippen LogP contribution in [0.1, 0.15) is 38.2 Å².